The van der Waals surface area contributed by atoms with Crippen LogP contribution in [0.15, 0.2) is 36.4 Å². The summed E-state index contributed by atoms with van der Waals surface area (Å²) < 4.78 is 57.8. The Balaban J connectivity index is 1.85. The molecule has 1 heterocycles. The number of halogens is 4. The van der Waals surface area contributed by atoms with Gasteiger partial charge in [-0.25, -0.2) is 8.78 Å². The van der Waals surface area contributed by atoms with Crippen LogP contribution in [0.25, 0.3) is 0 Å². The maximum Gasteiger partial charge on any atom is 0.352 e. The van der Waals surface area contributed by atoms with Gasteiger partial charge in [-0.3, -0.25) is 9.59 Å². The van der Waals surface area contributed by atoms with Gasteiger partial charge in [0.2, 0.25) is 0 Å². The number of piperidine rings is 1. The van der Waals surface area contributed by atoms with Crippen LogP contribution in [0.2, 0.25) is 0 Å². The summed E-state index contributed by atoms with van der Waals surface area (Å²) in [6.45, 7) is 4.59. The van der Waals surface area contributed by atoms with E-state index in [-0.39, 0.29) is 36.3 Å². The van der Waals surface area contributed by atoms with Gasteiger partial charge >= 0.3 is 5.92 Å². The molecule has 0 saturated carbocycles. The number of likely N-dealkylation sites (tertiary alicyclic amines) is 1. The Labute approximate surface area is 183 Å². The van der Waals surface area contributed by atoms with Gasteiger partial charge in [-0.2, -0.15) is 8.78 Å². The van der Waals surface area contributed by atoms with Gasteiger partial charge in [0.15, 0.2) is 0 Å². The minimum absolute atomic E-state index is 0.0925. The third kappa shape index (κ3) is 4.62. The zero-order valence-electron chi connectivity index (χ0n) is 17.9. The number of carbonyl (C=O) groups is 2. The predicted molar refractivity (Wildman–Crippen MR) is 110 cm³/mol. The van der Waals surface area contributed by atoms with E-state index in [2.05, 4.69) is 5.32 Å². The van der Waals surface area contributed by atoms with E-state index in [1.165, 1.54) is 19.1 Å². The van der Waals surface area contributed by atoms with E-state index in [1.807, 2.05) is 0 Å². The largest absolute Gasteiger partial charge is 0.392 e. The minimum Gasteiger partial charge on any atom is -0.392 e. The normalized spacial score (nSPS) is 18.4. The Morgan fingerprint density at radius 3 is 2.41 bits per heavy atom. The topological polar surface area (TPSA) is 69.6 Å². The second-order valence-electron chi connectivity index (χ2n) is 8.71. The number of amides is 2. The smallest absolute Gasteiger partial charge is 0.352 e. The maximum absolute atomic E-state index is 15.0. The van der Waals surface area contributed by atoms with Crippen molar-refractivity contribution in [3.05, 3.63) is 64.7 Å². The number of hydrogen-bond acceptors (Lipinski definition) is 3. The first kappa shape index (κ1) is 23.7. The molecule has 3 rings (SSSR count). The highest BCUT2D eigenvalue weighted by Crippen LogP contribution is 2.36. The van der Waals surface area contributed by atoms with Crippen LogP contribution in [0.1, 0.15) is 41.8 Å². The number of aryl methyl sites for hydroxylation is 1. The maximum atomic E-state index is 15.0. The highest BCUT2D eigenvalue weighted by molar-refractivity contribution is 6.04. The van der Waals surface area contributed by atoms with Gasteiger partial charge in [0.1, 0.15) is 11.6 Å². The summed E-state index contributed by atoms with van der Waals surface area (Å²) >= 11 is 0. The van der Waals surface area contributed by atoms with Gasteiger partial charge in [-0.05, 0) is 55.3 Å². The van der Waals surface area contributed by atoms with Gasteiger partial charge in [0.05, 0.1) is 11.7 Å². The highest BCUT2D eigenvalue weighted by atomic mass is 19.3. The number of carbonyl (C=O) groups excluding carboxylic acids is 2. The summed E-state index contributed by atoms with van der Waals surface area (Å²) in [6.07, 6.45) is -0.629. The van der Waals surface area contributed by atoms with Crippen LogP contribution >= 0.6 is 0 Å². The monoisotopic (exact) mass is 452 g/mol. The molecule has 0 bridgehead atoms. The van der Waals surface area contributed by atoms with Crippen LogP contribution in [0.3, 0.4) is 0 Å². The number of benzene rings is 2. The second kappa shape index (κ2) is 8.54. The lowest BCUT2D eigenvalue weighted by Gasteiger charge is -2.42. The molecule has 1 aliphatic rings. The Morgan fingerprint density at radius 2 is 1.78 bits per heavy atom. The van der Waals surface area contributed by atoms with Crippen molar-refractivity contribution in [3.63, 3.8) is 0 Å². The Kier molecular flexibility index (Phi) is 6.33. The van der Waals surface area contributed by atoms with Crippen LogP contribution in [0.4, 0.5) is 23.2 Å². The molecule has 2 amide bonds. The number of anilines is 1. The average molecular weight is 452 g/mol. The molecule has 0 aromatic heterocycles. The summed E-state index contributed by atoms with van der Waals surface area (Å²) in [5.74, 6) is -8.43. The van der Waals surface area contributed by atoms with E-state index < -0.39 is 46.5 Å². The third-order valence-electron chi connectivity index (χ3n) is 5.71. The fourth-order valence-corrected chi connectivity index (χ4v) is 3.67. The minimum atomic E-state index is -4.22. The molecule has 2 aromatic rings. The number of nitrogens with one attached hydrogen (secondary N) is 1. The highest BCUT2D eigenvalue weighted by Gasteiger charge is 2.49. The van der Waals surface area contributed by atoms with Crippen molar-refractivity contribution in [1.29, 1.82) is 0 Å². The fraction of sp³-hybridized carbons (Fsp3) is 0.391. The Bertz CT molecular complexity index is 1060. The third-order valence-corrected chi connectivity index (χ3v) is 5.71. The number of aliphatic hydroxyl groups is 1. The Morgan fingerprint density at radius 1 is 1.12 bits per heavy atom. The quantitative estimate of drug-likeness (QED) is 0.682. The Hall–Kier alpha value is -2.94. The van der Waals surface area contributed by atoms with Crippen LogP contribution in [-0.4, -0.2) is 41.0 Å². The molecule has 2 N–H and O–H groups in total. The molecule has 1 unspecified atom stereocenters. The number of rotatable bonds is 4. The van der Waals surface area contributed by atoms with Crippen LogP contribution in [-0.2, 0) is 10.7 Å². The molecule has 32 heavy (non-hydrogen) atoms. The fourth-order valence-electron chi connectivity index (χ4n) is 3.67. The van der Waals surface area contributed by atoms with Crippen molar-refractivity contribution >= 4 is 17.5 Å². The molecule has 1 atom stereocenters. The predicted octanol–water partition coefficient (Wildman–Crippen LogP) is 4.24. The molecular formula is C23H24F4N2O3. The molecular weight excluding hydrogens is 428 g/mol. The molecule has 0 aliphatic carbocycles. The van der Waals surface area contributed by atoms with E-state index in [9.17, 15) is 23.5 Å². The van der Waals surface area contributed by atoms with E-state index in [0.717, 1.165) is 17.0 Å². The number of alkyl halides is 2. The number of nitrogens with zero attached hydrogens (tertiary/aromatic N) is 1. The van der Waals surface area contributed by atoms with Crippen molar-refractivity contribution in [3.8, 4) is 0 Å². The summed E-state index contributed by atoms with van der Waals surface area (Å²) in [5.41, 5.74) is -1.79. The lowest BCUT2D eigenvalue weighted by Crippen LogP contribution is -2.54. The van der Waals surface area contributed by atoms with Crippen molar-refractivity contribution in [2.75, 3.05) is 18.4 Å². The van der Waals surface area contributed by atoms with E-state index >= 15 is 8.78 Å². The van der Waals surface area contributed by atoms with Gasteiger partial charge in [0, 0.05) is 29.8 Å². The number of aliphatic hydroxyl groups excluding tert-OH is 1. The molecule has 1 fully saturated rings. The van der Waals surface area contributed by atoms with Crippen molar-refractivity contribution in [2.24, 2.45) is 5.41 Å². The summed E-state index contributed by atoms with van der Waals surface area (Å²) in [4.78, 5) is 26.0. The van der Waals surface area contributed by atoms with Gasteiger partial charge in [0.25, 0.3) is 11.8 Å². The van der Waals surface area contributed by atoms with Crippen LogP contribution in [0, 0.1) is 24.0 Å². The lowest BCUT2D eigenvalue weighted by molar-refractivity contribution is -0.165. The molecule has 0 radical (unpaired) electrons. The summed E-state index contributed by atoms with van der Waals surface area (Å²) in [5, 5.41) is 12.4. The SMILES string of the molecule is Cc1cc(NC(=O)c2ccc(F)c(C(F)(F)C(=O)N3CCC(O)C(C)(C)C3)c2)ccc1F. The van der Waals surface area contributed by atoms with Gasteiger partial charge in [-0.1, -0.05) is 13.8 Å². The first-order valence-corrected chi connectivity index (χ1v) is 10.1. The van der Waals surface area contributed by atoms with E-state index in [1.54, 1.807) is 13.8 Å². The molecule has 1 aliphatic heterocycles. The van der Waals surface area contributed by atoms with Crippen molar-refractivity contribution in [1.82, 2.24) is 4.90 Å². The molecule has 2 aromatic carbocycles. The second-order valence-corrected chi connectivity index (χ2v) is 8.71. The van der Waals surface area contributed by atoms with Crippen molar-refractivity contribution in [2.45, 2.75) is 39.2 Å². The van der Waals surface area contributed by atoms with Gasteiger partial charge < -0.3 is 15.3 Å². The molecule has 9 heteroatoms. The molecule has 0 spiro atoms. The molecule has 1 saturated heterocycles. The van der Waals surface area contributed by atoms with Gasteiger partial charge in [-0.15, -0.1) is 0 Å². The van der Waals surface area contributed by atoms with E-state index in [0.29, 0.717) is 12.1 Å². The average Bonchev–Trinajstić information content (AvgIpc) is 2.72. The molecule has 5 nitrogen and oxygen atoms in total. The lowest BCUT2D eigenvalue weighted by atomic mass is 9.81. The van der Waals surface area contributed by atoms with E-state index in [4.69, 9.17) is 0 Å². The standard InChI is InChI=1S/C23H24F4N2O3/c1-13-10-15(5-7-17(13)24)28-20(31)14-4-6-18(25)16(11-14)23(26,27)21(32)29-9-8-19(30)22(2,3)12-29/h4-7,10-11,19,30H,8-9,12H2,1-3H3,(H,28,31). The zero-order chi connectivity index (χ0) is 23.8. The summed E-state index contributed by atoms with van der Waals surface area (Å²) in [7, 11) is 0. The van der Waals surface area contributed by atoms with Crippen molar-refractivity contribution < 1.29 is 32.3 Å². The summed E-state index contributed by atoms with van der Waals surface area (Å²) in [6, 6.07) is 6.17. The zero-order valence-corrected chi connectivity index (χ0v) is 17.9. The number of hydrogen-bond donors (Lipinski definition) is 2. The first-order chi connectivity index (χ1) is 14.8. The molecule has 172 valence electrons. The van der Waals surface area contributed by atoms with Crippen LogP contribution in [0.5, 0.6) is 0 Å². The first-order valence-electron chi connectivity index (χ1n) is 10.1. The van der Waals surface area contributed by atoms with Crippen LogP contribution < -0.4 is 5.32 Å².